The first-order valence-electron chi connectivity index (χ1n) is 9.53. The Kier molecular flexibility index (Phi) is 6.68. The van der Waals surface area contributed by atoms with Crippen molar-refractivity contribution in [2.24, 2.45) is 0 Å². The summed E-state index contributed by atoms with van der Waals surface area (Å²) in [6.07, 6.45) is 2.56. The number of ether oxygens (including phenoxy) is 1. The molecule has 0 bridgehead atoms. The zero-order valence-corrected chi connectivity index (χ0v) is 16.8. The number of piperazine rings is 1. The molecule has 1 heterocycles. The number of rotatable bonds is 5. The fraction of sp³-hybridized carbons (Fsp3) is 0.619. The van der Waals surface area contributed by atoms with Gasteiger partial charge in [-0.3, -0.25) is 9.59 Å². The number of benzene rings is 1. The van der Waals surface area contributed by atoms with E-state index in [1.54, 1.807) is 7.11 Å². The van der Waals surface area contributed by atoms with Crippen LogP contribution in [0.5, 0.6) is 5.75 Å². The van der Waals surface area contributed by atoms with Crippen LogP contribution in [0.1, 0.15) is 62.9 Å². The van der Waals surface area contributed by atoms with E-state index in [1.165, 1.54) is 0 Å². The molecule has 0 aliphatic carbocycles. The molecule has 0 N–H and O–H groups in total. The molecule has 1 aromatic carbocycles. The van der Waals surface area contributed by atoms with E-state index in [0.717, 1.165) is 24.2 Å². The maximum atomic E-state index is 12.9. The van der Waals surface area contributed by atoms with Gasteiger partial charge in [-0.25, -0.2) is 0 Å². The topological polar surface area (TPSA) is 49.9 Å². The van der Waals surface area contributed by atoms with E-state index < -0.39 is 0 Å². The highest BCUT2D eigenvalue weighted by molar-refractivity contribution is 5.95. The van der Waals surface area contributed by atoms with Crippen molar-refractivity contribution in [2.75, 3.05) is 33.3 Å². The van der Waals surface area contributed by atoms with Gasteiger partial charge in [-0.2, -0.15) is 0 Å². The Morgan fingerprint density at radius 1 is 1.08 bits per heavy atom. The van der Waals surface area contributed by atoms with Crippen LogP contribution in [0.25, 0.3) is 0 Å². The van der Waals surface area contributed by atoms with Gasteiger partial charge in [0.05, 0.1) is 7.11 Å². The monoisotopic (exact) mass is 360 g/mol. The first-order valence-corrected chi connectivity index (χ1v) is 9.53. The minimum Gasteiger partial charge on any atom is -0.496 e. The van der Waals surface area contributed by atoms with Crippen molar-refractivity contribution in [1.82, 2.24) is 9.80 Å². The third-order valence-electron chi connectivity index (χ3n) is 4.92. The second kappa shape index (κ2) is 8.56. The summed E-state index contributed by atoms with van der Waals surface area (Å²) in [6.45, 7) is 10.8. The molecule has 1 saturated heterocycles. The Bertz CT molecular complexity index is 641. The average Bonchev–Trinajstić information content (AvgIpc) is 2.64. The van der Waals surface area contributed by atoms with Crippen molar-refractivity contribution in [1.29, 1.82) is 0 Å². The van der Waals surface area contributed by atoms with Crippen LogP contribution in [0.4, 0.5) is 0 Å². The zero-order chi connectivity index (χ0) is 19.3. The summed E-state index contributed by atoms with van der Waals surface area (Å²) in [5.74, 6) is 1.04. The highest BCUT2D eigenvalue weighted by Crippen LogP contribution is 2.32. The van der Waals surface area contributed by atoms with Crippen molar-refractivity contribution in [3.8, 4) is 5.75 Å². The first kappa shape index (κ1) is 20.3. The highest BCUT2D eigenvalue weighted by atomic mass is 16.5. The van der Waals surface area contributed by atoms with Gasteiger partial charge in [0, 0.05) is 43.7 Å². The SMILES string of the molecule is CCCCC(=O)N1CCN(C(=O)c2ccc(OC)c(C(C)(C)C)c2)CC1. The van der Waals surface area contributed by atoms with Gasteiger partial charge >= 0.3 is 0 Å². The van der Waals surface area contributed by atoms with Gasteiger partial charge in [-0.1, -0.05) is 34.1 Å². The second-order valence-corrected chi connectivity index (χ2v) is 7.94. The van der Waals surface area contributed by atoms with Gasteiger partial charge in [0.25, 0.3) is 5.91 Å². The Morgan fingerprint density at radius 3 is 2.23 bits per heavy atom. The minimum absolute atomic E-state index is 0.0267. The molecule has 0 unspecified atom stereocenters. The molecule has 0 radical (unpaired) electrons. The largest absolute Gasteiger partial charge is 0.496 e. The lowest BCUT2D eigenvalue weighted by Crippen LogP contribution is -2.50. The van der Waals surface area contributed by atoms with E-state index in [0.29, 0.717) is 38.2 Å². The van der Waals surface area contributed by atoms with Crippen LogP contribution in [0.15, 0.2) is 18.2 Å². The number of methoxy groups -OCH3 is 1. The van der Waals surface area contributed by atoms with Crippen molar-refractivity contribution < 1.29 is 14.3 Å². The van der Waals surface area contributed by atoms with E-state index >= 15 is 0 Å². The smallest absolute Gasteiger partial charge is 0.253 e. The summed E-state index contributed by atoms with van der Waals surface area (Å²) in [7, 11) is 1.65. The average molecular weight is 360 g/mol. The summed E-state index contributed by atoms with van der Waals surface area (Å²) >= 11 is 0. The van der Waals surface area contributed by atoms with Gasteiger partial charge in [0.1, 0.15) is 5.75 Å². The third kappa shape index (κ3) is 4.77. The zero-order valence-electron chi connectivity index (χ0n) is 16.8. The van der Waals surface area contributed by atoms with E-state index in [4.69, 9.17) is 4.74 Å². The molecule has 5 heteroatoms. The van der Waals surface area contributed by atoms with Gasteiger partial charge in [0.2, 0.25) is 5.91 Å². The predicted molar refractivity (Wildman–Crippen MR) is 104 cm³/mol. The molecule has 1 aliphatic heterocycles. The van der Waals surface area contributed by atoms with Crippen LogP contribution in [0.3, 0.4) is 0 Å². The van der Waals surface area contributed by atoms with Crippen LogP contribution in [-0.4, -0.2) is 54.9 Å². The maximum Gasteiger partial charge on any atom is 0.253 e. The molecule has 0 spiro atoms. The van der Waals surface area contributed by atoms with Crippen LogP contribution in [-0.2, 0) is 10.2 Å². The number of unbranched alkanes of at least 4 members (excludes halogenated alkanes) is 1. The normalized spacial score (nSPS) is 15.1. The number of carbonyl (C=O) groups is 2. The summed E-state index contributed by atoms with van der Waals surface area (Å²) < 4.78 is 5.46. The van der Waals surface area contributed by atoms with E-state index in [-0.39, 0.29) is 17.2 Å². The van der Waals surface area contributed by atoms with Gasteiger partial charge in [-0.05, 0) is 30.0 Å². The molecule has 0 saturated carbocycles. The summed E-state index contributed by atoms with van der Waals surface area (Å²) in [6, 6.07) is 5.65. The Balaban J connectivity index is 2.06. The summed E-state index contributed by atoms with van der Waals surface area (Å²) in [5.41, 5.74) is 1.60. The quantitative estimate of drug-likeness (QED) is 0.808. The van der Waals surface area contributed by atoms with E-state index in [9.17, 15) is 9.59 Å². The Labute approximate surface area is 157 Å². The molecule has 1 aromatic rings. The first-order chi connectivity index (χ1) is 12.3. The fourth-order valence-electron chi connectivity index (χ4n) is 3.25. The van der Waals surface area contributed by atoms with E-state index in [1.807, 2.05) is 28.0 Å². The molecule has 2 amide bonds. The summed E-state index contributed by atoms with van der Waals surface area (Å²) in [5, 5.41) is 0. The molecule has 1 aliphatic rings. The van der Waals surface area contributed by atoms with Crippen LogP contribution in [0, 0.1) is 0 Å². The number of hydrogen-bond donors (Lipinski definition) is 0. The number of hydrogen-bond acceptors (Lipinski definition) is 3. The molecule has 2 rings (SSSR count). The Hall–Kier alpha value is -2.04. The molecule has 5 nitrogen and oxygen atoms in total. The molecule has 144 valence electrons. The van der Waals surface area contributed by atoms with E-state index in [2.05, 4.69) is 27.7 Å². The molecule has 0 atom stereocenters. The van der Waals surface area contributed by atoms with Crippen molar-refractivity contribution in [2.45, 2.75) is 52.4 Å². The third-order valence-corrected chi connectivity index (χ3v) is 4.92. The van der Waals surface area contributed by atoms with Gasteiger partial charge in [0.15, 0.2) is 0 Å². The standard InChI is InChI=1S/C21H32N2O3/c1-6-7-8-19(24)22-11-13-23(14-12-22)20(25)16-9-10-18(26-5)17(15-16)21(2,3)4/h9-10,15H,6-8,11-14H2,1-5H3. The van der Waals surface area contributed by atoms with Crippen LogP contribution in [0.2, 0.25) is 0 Å². The lowest BCUT2D eigenvalue weighted by atomic mass is 9.85. The highest BCUT2D eigenvalue weighted by Gasteiger charge is 2.26. The van der Waals surface area contributed by atoms with Crippen molar-refractivity contribution in [3.63, 3.8) is 0 Å². The summed E-state index contributed by atoms with van der Waals surface area (Å²) in [4.78, 5) is 28.8. The molecular weight excluding hydrogens is 328 g/mol. The fourth-order valence-corrected chi connectivity index (χ4v) is 3.25. The number of nitrogens with zero attached hydrogens (tertiary/aromatic N) is 2. The van der Waals surface area contributed by atoms with Crippen molar-refractivity contribution in [3.05, 3.63) is 29.3 Å². The number of amides is 2. The van der Waals surface area contributed by atoms with Crippen LogP contribution >= 0.6 is 0 Å². The Morgan fingerprint density at radius 2 is 1.69 bits per heavy atom. The van der Waals surface area contributed by atoms with Crippen LogP contribution < -0.4 is 4.74 Å². The molecule has 1 fully saturated rings. The van der Waals surface area contributed by atoms with Gasteiger partial charge in [-0.15, -0.1) is 0 Å². The minimum atomic E-state index is -0.105. The lowest BCUT2D eigenvalue weighted by molar-refractivity contribution is -0.132. The van der Waals surface area contributed by atoms with Gasteiger partial charge < -0.3 is 14.5 Å². The molecular formula is C21H32N2O3. The second-order valence-electron chi connectivity index (χ2n) is 7.94. The predicted octanol–water partition coefficient (Wildman–Crippen LogP) is 3.47. The molecule has 0 aromatic heterocycles. The lowest BCUT2D eigenvalue weighted by Gasteiger charge is -2.35. The maximum absolute atomic E-state index is 12.9. The number of carbonyl (C=O) groups excluding carboxylic acids is 2. The molecule has 26 heavy (non-hydrogen) atoms. The van der Waals surface area contributed by atoms with Crippen molar-refractivity contribution >= 4 is 11.8 Å².